The monoisotopic (exact) mass is 299 g/mol. The van der Waals surface area contributed by atoms with Gasteiger partial charge in [-0.15, -0.1) is 0 Å². The maximum absolute atomic E-state index is 13.5. The van der Waals surface area contributed by atoms with Gasteiger partial charge in [0.1, 0.15) is 17.7 Å². The van der Waals surface area contributed by atoms with Crippen LogP contribution < -0.4 is 4.90 Å². The van der Waals surface area contributed by atoms with E-state index in [2.05, 4.69) is 19.9 Å². The van der Waals surface area contributed by atoms with Gasteiger partial charge in [0, 0.05) is 6.54 Å². The number of benzene rings is 1. The molecule has 2 aromatic heterocycles. The van der Waals surface area contributed by atoms with Crippen LogP contribution in [0.5, 0.6) is 0 Å². The Kier molecular flexibility index (Phi) is 3.00. The van der Waals surface area contributed by atoms with Crippen LogP contribution in [0.4, 0.5) is 10.2 Å². The molecule has 0 bridgehead atoms. The molecule has 3 heterocycles. The highest BCUT2D eigenvalue weighted by atomic mass is 19.1. The number of hydrogen-bond acceptors (Lipinski definition) is 5. The summed E-state index contributed by atoms with van der Waals surface area (Å²) in [6.45, 7) is 0.437. The Morgan fingerprint density at radius 3 is 3.05 bits per heavy atom. The fourth-order valence-corrected chi connectivity index (χ4v) is 3.05. The van der Waals surface area contributed by atoms with Crippen LogP contribution in [-0.4, -0.2) is 37.7 Å². The van der Waals surface area contributed by atoms with Crippen molar-refractivity contribution in [1.29, 1.82) is 0 Å². The molecule has 0 radical (unpaired) electrons. The van der Waals surface area contributed by atoms with Crippen molar-refractivity contribution in [3.8, 4) is 0 Å². The van der Waals surface area contributed by atoms with Gasteiger partial charge < -0.3 is 15.0 Å². The first kappa shape index (κ1) is 13.1. The molecule has 3 aromatic rings. The van der Waals surface area contributed by atoms with Gasteiger partial charge in [-0.25, -0.2) is 19.3 Å². The maximum atomic E-state index is 13.5. The van der Waals surface area contributed by atoms with Crippen molar-refractivity contribution in [2.45, 2.75) is 18.6 Å². The lowest BCUT2D eigenvalue weighted by molar-refractivity contribution is 0.194. The summed E-state index contributed by atoms with van der Waals surface area (Å²) in [6.07, 6.45) is 3.06. The summed E-state index contributed by atoms with van der Waals surface area (Å²) in [5.74, 6) is 0.390. The van der Waals surface area contributed by atoms with Crippen LogP contribution in [0.3, 0.4) is 0 Å². The van der Waals surface area contributed by atoms with Gasteiger partial charge in [0.2, 0.25) is 0 Å². The Hall–Kier alpha value is -2.54. The van der Waals surface area contributed by atoms with Gasteiger partial charge in [0.15, 0.2) is 11.5 Å². The molecule has 7 heteroatoms. The smallest absolute Gasteiger partial charge is 0.182 e. The van der Waals surface area contributed by atoms with E-state index in [1.165, 1.54) is 18.5 Å². The number of H-pyrrole nitrogens is 1. The Balaban J connectivity index is 1.80. The number of rotatable bonds is 2. The molecule has 0 amide bonds. The van der Waals surface area contributed by atoms with E-state index in [-0.39, 0.29) is 11.9 Å². The molecule has 2 atom stereocenters. The van der Waals surface area contributed by atoms with Crippen LogP contribution in [0.25, 0.3) is 11.2 Å². The summed E-state index contributed by atoms with van der Waals surface area (Å²) in [6, 6.07) is 6.33. The van der Waals surface area contributed by atoms with Crippen molar-refractivity contribution >= 4 is 17.0 Å². The van der Waals surface area contributed by atoms with E-state index in [9.17, 15) is 9.50 Å². The van der Waals surface area contributed by atoms with Crippen molar-refractivity contribution in [2.75, 3.05) is 11.4 Å². The Bertz CT molecular complexity index is 820. The lowest BCUT2D eigenvalue weighted by atomic mass is 10.0. The predicted molar refractivity (Wildman–Crippen MR) is 78.8 cm³/mol. The average molecular weight is 299 g/mol. The standard InChI is InChI=1S/C15H14FN5O/c16-10-3-1-2-9(4-10)12-5-11(22)6-21(12)15-13-14(18-7-17-13)19-8-20-15/h1-4,7-8,11-12,22H,5-6H2,(H,17,18,19,20)/t11-,12+/m0/s1. The van der Waals surface area contributed by atoms with Gasteiger partial charge in [0.05, 0.1) is 18.5 Å². The number of aromatic amines is 1. The van der Waals surface area contributed by atoms with Crippen molar-refractivity contribution < 1.29 is 9.50 Å². The Morgan fingerprint density at radius 1 is 1.27 bits per heavy atom. The zero-order valence-corrected chi connectivity index (χ0v) is 11.6. The Morgan fingerprint density at radius 2 is 2.18 bits per heavy atom. The first-order valence-corrected chi connectivity index (χ1v) is 7.06. The normalized spacial score (nSPS) is 21.6. The molecule has 6 nitrogen and oxygen atoms in total. The number of hydrogen-bond donors (Lipinski definition) is 2. The largest absolute Gasteiger partial charge is 0.391 e. The van der Waals surface area contributed by atoms with Crippen LogP contribution in [0.2, 0.25) is 0 Å². The minimum atomic E-state index is -0.485. The lowest BCUT2D eigenvalue weighted by Crippen LogP contribution is -2.25. The molecule has 1 saturated heterocycles. The number of halogens is 1. The highest BCUT2D eigenvalue weighted by Gasteiger charge is 2.34. The number of aliphatic hydroxyl groups excluding tert-OH is 1. The van der Waals surface area contributed by atoms with Gasteiger partial charge in [-0.2, -0.15) is 0 Å². The number of aliphatic hydroxyl groups is 1. The second-order valence-electron chi connectivity index (χ2n) is 5.41. The molecule has 4 rings (SSSR count). The van der Waals surface area contributed by atoms with Crippen LogP contribution in [0.1, 0.15) is 18.0 Å². The second-order valence-corrected chi connectivity index (χ2v) is 5.41. The number of fused-ring (bicyclic) bond motifs is 1. The second kappa shape index (κ2) is 5.03. The van der Waals surface area contributed by atoms with E-state index < -0.39 is 6.10 Å². The molecule has 0 saturated carbocycles. The first-order valence-electron chi connectivity index (χ1n) is 7.06. The van der Waals surface area contributed by atoms with Crippen LogP contribution in [0, 0.1) is 5.82 Å². The van der Waals surface area contributed by atoms with E-state index in [0.29, 0.717) is 24.4 Å². The molecule has 112 valence electrons. The highest BCUT2D eigenvalue weighted by molar-refractivity contribution is 5.83. The van der Waals surface area contributed by atoms with E-state index >= 15 is 0 Å². The summed E-state index contributed by atoms with van der Waals surface area (Å²) in [7, 11) is 0. The Labute approximate surface area is 125 Å². The quantitative estimate of drug-likeness (QED) is 0.754. The molecule has 0 unspecified atom stereocenters. The molecule has 1 aliphatic heterocycles. The SMILES string of the molecule is O[C@H]1C[C@H](c2cccc(F)c2)N(c2ncnc3nc[nH]c23)C1. The highest BCUT2D eigenvalue weighted by Crippen LogP contribution is 2.37. The van der Waals surface area contributed by atoms with Gasteiger partial charge >= 0.3 is 0 Å². The molecular formula is C15H14FN5O. The first-order chi connectivity index (χ1) is 10.7. The number of imidazole rings is 1. The fourth-order valence-electron chi connectivity index (χ4n) is 3.05. The van der Waals surface area contributed by atoms with E-state index in [4.69, 9.17) is 0 Å². The number of aromatic nitrogens is 4. The van der Waals surface area contributed by atoms with E-state index in [1.807, 2.05) is 11.0 Å². The van der Waals surface area contributed by atoms with Crippen molar-refractivity contribution in [1.82, 2.24) is 19.9 Å². The van der Waals surface area contributed by atoms with Crippen LogP contribution in [0.15, 0.2) is 36.9 Å². The van der Waals surface area contributed by atoms with Crippen molar-refractivity contribution in [3.05, 3.63) is 48.3 Å². The van der Waals surface area contributed by atoms with Gasteiger partial charge in [0.25, 0.3) is 0 Å². The third kappa shape index (κ3) is 2.10. The van der Waals surface area contributed by atoms with E-state index in [0.717, 1.165) is 11.1 Å². The number of nitrogens with one attached hydrogen (secondary N) is 1. The minimum Gasteiger partial charge on any atom is -0.391 e. The summed E-state index contributed by atoms with van der Waals surface area (Å²) in [5, 5.41) is 10.1. The zero-order chi connectivity index (χ0) is 15.1. The zero-order valence-electron chi connectivity index (χ0n) is 11.6. The molecule has 2 N–H and O–H groups in total. The summed E-state index contributed by atoms with van der Waals surface area (Å²) >= 11 is 0. The predicted octanol–water partition coefficient (Wildman–Crippen LogP) is 1.80. The van der Waals surface area contributed by atoms with Crippen molar-refractivity contribution in [3.63, 3.8) is 0 Å². The summed E-state index contributed by atoms with van der Waals surface area (Å²) < 4.78 is 13.5. The minimum absolute atomic E-state index is 0.132. The van der Waals surface area contributed by atoms with Crippen molar-refractivity contribution in [2.24, 2.45) is 0 Å². The number of β-amino-alcohol motifs (C(OH)–C–C–N with tert-alkyl or cyclic N) is 1. The molecule has 1 aromatic carbocycles. The number of anilines is 1. The van der Waals surface area contributed by atoms with Crippen LogP contribution >= 0.6 is 0 Å². The molecule has 22 heavy (non-hydrogen) atoms. The summed E-state index contributed by atoms with van der Waals surface area (Å²) in [4.78, 5) is 17.6. The van der Waals surface area contributed by atoms with Crippen LogP contribution in [-0.2, 0) is 0 Å². The average Bonchev–Trinajstić information content (AvgIpc) is 3.13. The molecule has 0 aliphatic carbocycles. The molecule has 1 fully saturated rings. The van der Waals surface area contributed by atoms with Gasteiger partial charge in [-0.1, -0.05) is 12.1 Å². The maximum Gasteiger partial charge on any atom is 0.182 e. The third-order valence-electron chi connectivity index (χ3n) is 3.99. The molecule has 0 spiro atoms. The van der Waals surface area contributed by atoms with E-state index in [1.54, 1.807) is 12.4 Å². The molecule has 1 aliphatic rings. The third-order valence-corrected chi connectivity index (χ3v) is 3.99. The topological polar surface area (TPSA) is 77.9 Å². The molecular weight excluding hydrogens is 285 g/mol. The fraction of sp³-hybridized carbons (Fsp3) is 0.267. The summed E-state index contributed by atoms with van der Waals surface area (Å²) in [5.41, 5.74) is 2.12. The number of nitrogens with zero attached hydrogens (tertiary/aromatic N) is 4. The van der Waals surface area contributed by atoms with Gasteiger partial charge in [-0.3, -0.25) is 0 Å². The van der Waals surface area contributed by atoms with Gasteiger partial charge in [-0.05, 0) is 24.1 Å². The lowest BCUT2D eigenvalue weighted by Gasteiger charge is -2.25.